The highest BCUT2D eigenvalue weighted by atomic mass is 16.5. The summed E-state index contributed by atoms with van der Waals surface area (Å²) < 4.78 is 5.02. The first-order valence-electron chi connectivity index (χ1n) is 11.0. The molecule has 0 radical (unpaired) electrons. The molecule has 2 N–H and O–H groups in total. The summed E-state index contributed by atoms with van der Waals surface area (Å²) in [6.45, 7) is 10.0. The first-order chi connectivity index (χ1) is 14.6. The van der Waals surface area contributed by atoms with Crippen LogP contribution in [-0.4, -0.2) is 62.0 Å². The van der Waals surface area contributed by atoms with Gasteiger partial charge < -0.3 is 20.3 Å². The summed E-state index contributed by atoms with van der Waals surface area (Å²) in [5.41, 5.74) is 1.37. The zero-order valence-electron chi connectivity index (χ0n) is 19.5. The Hall–Kier alpha value is -2.41. The smallest absolute Gasteiger partial charge is 0.252 e. The second kappa shape index (κ2) is 11.3. The Bertz CT molecular complexity index is 764. The van der Waals surface area contributed by atoms with Crippen molar-refractivity contribution in [2.24, 2.45) is 11.3 Å². The largest absolute Gasteiger partial charge is 0.383 e. The van der Waals surface area contributed by atoms with E-state index in [4.69, 9.17) is 4.74 Å². The second-order valence-corrected chi connectivity index (χ2v) is 9.51. The third kappa shape index (κ3) is 7.65. The van der Waals surface area contributed by atoms with Gasteiger partial charge in [0.05, 0.1) is 6.61 Å². The van der Waals surface area contributed by atoms with Crippen molar-refractivity contribution >= 4 is 17.7 Å². The second-order valence-electron chi connectivity index (χ2n) is 9.51. The Labute approximate surface area is 185 Å². The van der Waals surface area contributed by atoms with Gasteiger partial charge in [0, 0.05) is 38.7 Å². The first-order valence-corrected chi connectivity index (χ1v) is 11.0. The lowest BCUT2D eigenvalue weighted by atomic mass is 9.87. The summed E-state index contributed by atoms with van der Waals surface area (Å²) in [5.74, 6) is -0.347. The highest BCUT2D eigenvalue weighted by molar-refractivity contribution is 5.98. The molecule has 7 heteroatoms. The fourth-order valence-electron chi connectivity index (χ4n) is 3.88. The molecule has 0 bridgehead atoms. The summed E-state index contributed by atoms with van der Waals surface area (Å²) in [5, 5.41) is 5.82. The molecule has 0 unspecified atom stereocenters. The van der Waals surface area contributed by atoms with Crippen LogP contribution in [-0.2, 0) is 14.3 Å². The van der Waals surface area contributed by atoms with E-state index in [0.717, 1.165) is 5.56 Å². The van der Waals surface area contributed by atoms with Gasteiger partial charge in [0.15, 0.2) is 0 Å². The fourth-order valence-corrected chi connectivity index (χ4v) is 3.88. The summed E-state index contributed by atoms with van der Waals surface area (Å²) >= 11 is 0. The van der Waals surface area contributed by atoms with Gasteiger partial charge in [-0.2, -0.15) is 0 Å². The average molecular weight is 432 g/mol. The van der Waals surface area contributed by atoms with E-state index in [0.29, 0.717) is 51.1 Å². The van der Waals surface area contributed by atoms with Crippen molar-refractivity contribution in [1.29, 1.82) is 0 Å². The molecule has 0 saturated carbocycles. The van der Waals surface area contributed by atoms with Crippen LogP contribution in [0.15, 0.2) is 24.3 Å². The van der Waals surface area contributed by atoms with Gasteiger partial charge in [-0.1, -0.05) is 39.0 Å². The lowest BCUT2D eigenvalue weighted by molar-refractivity contribution is -0.134. The van der Waals surface area contributed by atoms with Crippen LogP contribution in [0.1, 0.15) is 56.0 Å². The molecule has 3 amide bonds. The maximum atomic E-state index is 12.9. The molecule has 2 rings (SSSR count). The van der Waals surface area contributed by atoms with Crippen molar-refractivity contribution in [1.82, 2.24) is 15.5 Å². The monoisotopic (exact) mass is 431 g/mol. The number of carbonyl (C=O) groups excluding carboxylic acids is 3. The van der Waals surface area contributed by atoms with Crippen LogP contribution in [0.25, 0.3) is 0 Å². The molecule has 1 heterocycles. The number of nitrogens with zero attached hydrogens (tertiary/aromatic N) is 1. The van der Waals surface area contributed by atoms with Crippen molar-refractivity contribution in [2.45, 2.75) is 53.0 Å². The Morgan fingerprint density at radius 3 is 2.39 bits per heavy atom. The molecule has 0 spiro atoms. The molecule has 1 fully saturated rings. The van der Waals surface area contributed by atoms with Crippen LogP contribution in [0.4, 0.5) is 0 Å². The molecule has 1 aliphatic heterocycles. The molecule has 0 aliphatic carbocycles. The Balaban J connectivity index is 2.07. The van der Waals surface area contributed by atoms with Gasteiger partial charge in [0.2, 0.25) is 11.8 Å². The fraction of sp³-hybridized carbons (Fsp3) is 0.625. The summed E-state index contributed by atoms with van der Waals surface area (Å²) in [6.07, 6.45) is 1.85. The molecular formula is C24H37N3O4. The number of hydrogen-bond acceptors (Lipinski definition) is 4. The Morgan fingerprint density at radius 1 is 1.16 bits per heavy atom. The van der Waals surface area contributed by atoms with Crippen molar-refractivity contribution in [3.63, 3.8) is 0 Å². The average Bonchev–Trinajstić information content (AvgIpc) is 2.71. The minimum Gasteiger partial charge on any atom is -0.383 e. The first kappa shape index (κ1) is 24.9. The van der Waals surface area contributed by atoms with Crippen molar-refractivity contribution in [3.05, 3.63) is 35.4 Å². The molecule has 1 atom stereocenters. The number of piperidine rings is 1. The number of methoxy groups -OCH3 is 1. The zero-order valence-corrected chi connectivity index (χ0v) is 19.5. The standard InChI is InChI=1S/C24H37N3O4/c1-17-8-6-7-9-19(17)22(29)26-21(23(30)25-12-15-31-5)18-10-13-27(14-11-18)20(28)16-24(2,3)4/h6-9,18,21H,10-16H2,1-5H3,(H,25,30)(H,26,29)/t21-/m1/s1. The molecule has 7 nitrogen and oxygen atoms in total. The minimum atomic E-state index is -0.649. The van der Waals surface area contributed by atoms with Gasteiger partial charge in [-0.15, -0.1) is 0 Å². The van der Waals surface area contributed by atoms with E-state index in [1.807, 2.05) is 30.0 Å². The summed E-state index contributed by atoms with van der Waals surface area (Å²) in [4.78, 5) is 40.3. The van der Waals surface area contributed by atoms with Gasteiger partial charge in [-0.3, -0.25) is 14.4 Å². The van der Waals surface area contributed by atoms with Crippen molar-refractivity contribution in [3.8, 4) is 0 Å². The predicted molar refractivity (Wildman–Crippen MR) is 121 cm³/mol. The molecule has 0 aromatic heterocycles. The van der Waals surface area contributed by atoms with Gasteiger partial charge in [-0.05, 0) is 42.7 Å². The van der Waals surface area contributed by atoms with Crippen molar-refractivity contribution in [2.75, 3.05) is 33.4 Å². The molecule has 1 aliphatic rings. The number of ether oxygens (including phenoxy) is 1. The molecule has 1 saturated heterocycles. The number of nitrogens with one attached hydrogen (secondary N) is 2. The number of carbonyl (C=O) groups is 3. The highest BCUT2D eigenvalue weighted by Gasteiger charge is 2.34. The van der Waals surface area contributed by atoms with E-state index in [1.165, 1.54) is 0 Å². The number of aryl methyl sites for hydroxylation is 1. The Kier molecular flexibility index (Phi) is 9.04. The van der Waals surface area contributed by atoms with E-state index in [9.17, 15) is 14.4 Å². The van der Waals surface area contributed by atoms with E-state index in [1.54, 1.807) is 13.2 Å². The SMILES string of the molecule is COCCNC(=O)[C@H](NC(=O)c1ccccc1C)C1CCN(C(=O)CC(C)(C)C)CC1. The van der Waals surface area contributed by atoms with E-state index in [2.05, 4.69) is 31.4 Å². The number of benzene rings is 1. The molecule has 172 valence electrons. The minimum absolute atomic E-state index is 0.0331. The molecule has 1 aromatic carbocycles. The maximum Gasteiger partial charge on any atom is 0.252 e. The Morgan fingerprint density at radius 2 is 1.81 bits per heavy atom. The number of rotatable bonds is 8. The van der Waals surface area contributed by atoms with Gasteiger partial charge in [0.25, 0.3) is 5.91 Å². The lowest BCUT2D eigenvalue weighted by Gasteiger charge is -2.36. The summed E-state index contributed by atoms with van der Waals surface area (Å²) in [6, 6.07) is 6.68. The maximum absolute atomic E-state index is 12.9. The van der Waals surface area contributed by atoms with Crippen LogP contribution >= 0.6 is 0 Å². The van der Waals surface area contributed by atoms with Crippen molar-refractivity contribution < 1.29 is 19.1 Å². The van der Waals surface area contributed by atoms with Crippen LogP contribution < -0.4 is 10.6 Å². The predicted octanol–water partition coefficient (Wildman–Crippen LogP) is 2.53. The normalized spacial score (nSPS) is 16.0. The topological polar surface area (TPSA) is 87.7 Å². The zero-order chi connectivity index (χ0) is 23.0. The molecule has 1 aromatic rings. The third-order valence-electron chi connectivity index (χ3n) is 5.61. The van der Waals surface area contributed by atoms with E-state index < -0.39 is 6.04 Å². The highest BCUT2D eigenvalue weighted by Crippen LogP contribution is 2.25. The van der Waals surface area contributed by atoms with E-state index >= 15 is 0 Å². The van der Waals surface area contributed by atoms with Gasteiger partial charge in [-0.25, -0.2) is 0 Å². The van der Waals surface area contributed by atoms with E-state index in [-0.39, 0.29) is 29.1 Å². The third-order valence-corrected chi connectivity index (χ3v) is 5.61. The number of hydrogen-bond donors (Lipinski definition) is 2. The lowest BCUT2D eigenvalue weighted by Crippen LogP contribution is -2.54. The molecular weight excluding hydrogens is 394 g/mol. The quantitative estimate of drug-likeness (QED) is 0.619. The van der Waals surface area contributed by atoms with Gasteiger partial charge >= 0.3 is 0 Å². The van der Waals surface area contributed by atoms with Crippen LogP contribution in [0.3, 0.4) is 0 Å². The van der Waals surface area contributed by atoms with Crippen LogP contribution in [0, 0.1) is 18.3 Å². The molecule has 31 heavy (non-hydrogen) atoms. The number of likely N-dealkylation sites (tertiary alicyclic amines) is 1. The van der Waals surface area contributed by atoms with Crippen LogP contribution in [0.5, 0.6) is 0 Å². The number of amides is 3. The van der Waals surface area contributed by atoms with Crippen LogP contribution in [0.2, 0.25) is 0 Å². The summed E-state index contributed by atoms with van der Waals surface area (Å²) in [7, 11) is 1.58. The van der Waals surface area contributed by atoms with Gasteiger partial charge in [0.1, 0.15) is 6.04 Å².